The van der Waals surface area contributed by atoms with Gasteiger partial charge in [0.05, 0.1) is 13.7 Å². The van der Waals surface area contributed by atoms with Gasteiger partial charge in [-0.25, -0.2) is 4.79 Å². The summed E-state index contributed by atoms with van der Waals surface area (Å²) in [6.45, 7) is 1.71. The van der Waals surface area contributed by atoms with Crippen molar-refractivity contribution in [3.63, 3.8) is 0 Å². The lowest BCUT2D eigenvalue weighted by atomic mass is 9.91. The molecule has 3 aromatic carbocycles. The fourth-order valence-corrected chi connectivity index (χ4v) is 3.80. The van der Waals surface area contributed by atoms with E-state index in [4.69, 9.17) is 4.74 Å². The number of nitrogens with zero attached hydrogens (tertiary/aromatic N) is 1. The summed E-state index contributed by atoms with van der Waals surface area (Å²) in [5, 5.41) is 5.62. The Morgan fingerprint density at radius 2 is 1.72 bits per heavy atom. The molecule has 0 saturated carbocycles. The molecule has 0 radical (unpaired) electrons. The van der Waals surface area contributed by atoms with Crippen molar-refractivity contribution >= 4 is 23.5 Å². The predicted molar refractivity (Wildman–Crippen MR) is 120 cm³/mol. The van der Waals surface area contributed by atoms with Crippen LogP contribution in [0.5, 0.6) is 5.75 Å². The Hall–Kier alpha value is -4.13. The first-order valence-electron chi connectivity index (χ1n) is 10.2. The van der Waals surface area contributed by atoms with Crippen molar-refractivity contribution in [2.24, 2.45) is 0 Å². The van der Waals surface area contributed by atoms with Gasteiger partial charge in [0, 0.05) is 16.8 Å². The first kappa shape index (κ1) is 21.1. The molecule has 0 aromatic heterocycles. The third kappa shape index (κ3) is 3.92. The lowest BCUT2D eigenvalue weighted by Crippen LogP contribution is -2.41. The number of urea groups is 1. The Kier molecular flexibility index (Phi) is 5.64. The van der Waals surface area contributed by atoms with Gasteiger partial charge in [0.25, 0.3) is 11.8 Å². The lowest BCUT2D eigenvalue weighted by Gasteiger charge is -2.24. The zero-order valence-electron chi connectivity index (χ0n) is 17.8. The molecule has 1 unspecified atom stereocenters. The van der Waals surface area contributed by atoms with E-state index in [2.05, 4.69) is 10.6 Å². The van der Waals surface area contributed by atoms with Crippen LogP contribution in [0.1, 0.15) is 28.4 Å². The van der Waals surface area contributed by atoms with Crippen molar-refractivity contribution < 1.29 is 19.1 Å². The topological polar surface area (TPSA) is 87.7 Å². The number of hydrogen-bond acceptors (Lipinski definition) is 4. The van der Waals surface area contributed by atoms with Crippen molar-refractivity contribution in [3.05, 3.63) is 95.6 Å². The zero-order valence-corrected chi connectivity index (χ0v) is 17.8. The number of imide groups is 1. The molecule has 0 spiro atoms. The molecule has 2 N–H and O–H groups in total. The first-order valence-corrected chi connectivity index (χ1v) is 10.2. The maximum absolute atomic E-state index is 13.3. The van der Waals surface area contributed by atoms with Crippen LogP contribution in [0.25, 0.3) is 0 Å². The second-order valence-corrected chi connectivity index (χ2v) is 7.67. The minimum absolute atomic E-state index is 0.0435. The average molecular weight is 429 g/mol. The molecule has 0 aliphatic carbocycles. The standard InChI is InChI=1S/C25H23N3O4/c1-25(20-13-6-7-14-21(20)32-2)23(30)28(24(31)27-25)16-17-9-8-10-18(15-17)22(29)26-19-11-4-3-5-12-19/h3-15H,16H2,1-2H3,(H,26,29)(H,27,31). The molecule has 162 valence electrons. The number of anilines is 1. The third-order valence-electron chi connectivity index (χ3n) is 5.48. The van der Waals surface area contributed by atoms with E-state index in [-0.39, 0.29) is 18.4 Å². The number of carbonyl (C=O) groups is 3. The van der Waals surface area contributed by atoms with Crippen molar-refractivity contribution in [1.82, 2.24) is 10.2 Å². The fourth-order valence-electron chi connectivity index (χ4n) is 3.80. The van der Waals surface area contributed by atoms with Gasteiger partial charge in [-0.3, -0.25) is 14.5 Å². The van der Waals surface area contributed by atoms with Gasteiger partial charge in [-0.1, -0.05) is 48.5 Å². The summed E-state index contributed by atoms with van der Waals surface area (Å²) < 4.78 is 5.38. The minimum Gasteiger partial charge on any atom is -0.496 e. The molecule has 32 heavy (non-hydrogen) atoms. The molecule has 1 aliphatic heterocycles. The monoisotopic (exact) mass is 429 g/mol. The summed E-state index contributed by atoms with van der Waals surface area (Å²) in [7, 11) is 1.52. The molecule has 4 rings (SSSR count). The maximum atomic E-state index is 13.3. The summed E-state index contributed by atoms with van der Waals surface area (Å²) in [5.74, 6) is -0.134. The van der Waals surface area contributed by atoms with E-state index in [1.54, 1.807) is 67.6 Å². The second-order valence-electron chi connectivity index (χ2n) is 7.67. The van der Waals surface area contributed by atoms with E-state index in [0.717, 1.165) is 4.90 Å². The van der Waals surface area contributed by atoms with Gasteiger partial charge in [-0.05, 0) is 42.8 Å². The molecule has 3 aromatic rings. The highest BCUT2D eigenvalue weighted by atomic mass is 16.5. The van der Waals surface area contributed by atoms with Crippen molar-refractivity contribution in [1.29, 1.82) is 0 Å². The van der Waals surface area contributed by atoms with E-state index in [1.807, 2.05) is 18.2 Å². The Bertz CT molecular complexity index is 1180. The van der Waals surface area contributed by atoms with E-state index in [0.29, 0.717) is 28.1 Å². The van der Waals surface area contributed by atoms with Crippen LogP contribution in [-0.4, -0.2) is 29.9 Å². The van der Waals surface area contributed by atoms with Crippen LogP contribution < -0.4 is 15.4 Å². The van der Waals surface area contributed by atoms with Gasteiger partial charge in [0.2, 0.25) is 0 Å². The normalized spacial score (nSPS) is 17.8. The number of carbonyl (C=O) groups excluding carboxylic acids is 3. The number of hydrogen-bond donors (Lipinski definition) is 2. The summed E-state index contributed by atoms with van der Waals surface area (Å²) in [4.78, 5) is 39.7. The van der Waals surface area contributed by atoms with Crippen molar-refractivity contribution in [3.8, 4) is 5.75 Å². The Balaban J connectivity index is 1.54. The average Bonchev–Trinajstić information content (AvgIpc) is 3.03. The number of para-hydroxylation sites is 2. The molecule has 7 heteroatoms. The van der Waals surface area contributed by atoms with Gasteiger partial charge >= 0.3 is 6.03 Å². The summed E-state index contributed by atoms with van der Waals surface area (Å²) >= 11 is 0. The maximum Gasteiger partial charge on any atom is 0.325 e. The molecule has 1 heterocycles. The molecule has 0 bridgehead atoms. The number of nitrogens with one attached hydrogen (secondary N) is 2. The van der Waals surface area contributed by atoms with E-state index < -0.39 is 11.6 Å². The number of amides is 4. The van der Waals surface area contributed by atoms with E-state index in [1.165, 1.54) is 7.11 Å². The van der Waals surface area contributed by atoms with E-state index >= 15 is 0 Å². The summed E-state index contributed by atoms with van der Waals surface area (Å²) in [6, 6.07) is 22.6. The van der Waals surface area contributed by atoms with Gasteiger partial charge < -0.3 is 15.4 Å². The minimum atomic E-state index is -1.24. The fraction of sp³-hybridized carbons (Fsp3) is 0.160. The second kappa shape index (κ2) is 8.55. The Morgan fingerprint density at radius 1 is 1.00 bits per heavy atom. The highest BCUT2D eigenvalue weighted by Crippen LogP contribution is 2.35. The summed E-state index contributed by atoms with van der Waals surface area (Å²) in [5.41, 5.74) is 1.12. The smallest absolute Gasteiger partial charge is 0.325 e. The highest BCUT2D eigenvalue weighted by molar-refractivity contribution is 6.07. The van der Waals surface area contributed by atoms with E-state index in [9.17, 15) is 14.4 Å². The number of rotatable bonds is 6. The number of benzene rings is 3. The van der Waals surface area contributed by atoms with Crippen molar-refractivity contribution in [2.75, 3.05) is 12.4 Å². The summed E-state index contributed by atoms with van der Waals surface area (Å²) in [6.07, 6.45) is 0. The molecule has 1 fully saturated rings. The van der Waals surface area contributed by atoms with Gasteiger partial charge in [-0.15, -0.1) is 0 Å². The van der Waals surface area contributed by atoms with Crippen LogP contribution in [0, 0.1) is 0 Å². The zero-order chi connectivity index (χ0) is 22.7. The largest absolute Gasteiger partial charge is 0.496 e. The SMILES string of the molecule is COc1ccccc1C1(C)NC(=O)N(Cc2cccc(C(=O)Nc3ccccc3)c2)C1=O. The van der Waals surface area contributed by atoms with Crippen molar-refractivity contribution in [2.45, 2.75) is 19.0 Å². The Morgan fingerprint density at radius 3 is 2.47 bits per heavy atom. The third-order valence-corrected chi connectivity index (χ3v) is 5.48. The van der Waals surface area contributed by atoms with Crippen LogP contribution in [-0.2, 0) is 16.9 Å². The molecular formula is C25H23N3O4. The first-order chi connectivity index (χ1) is 15.4. The molecule has 1 aliphatic rings. The van der Waals surface area contributed by atoms with Gasteiger partial charge in [0.1, 0.15) is 11.3 Å². The highest BCUT2D eigenvalue weighted by Gasteiger charge is 2.50. The molecular weight excluding hydrogens is 406 g/mol. The van der Waals surface area contributed by atoms with Crippen LogP contribution >= 0.6 is 0 Å². The van der Waals surface area contributed by atoms with Crippen LogP contribution in [0.3, 0.4) is 0 Å². The number of methoxy groups -OCH3 is 1. The molecule has 1 saturated heterocycles. The van der Waals surface area contributed by atoms with Gasteiger partial charge in [0.15, 0.2) is 0 Å². The van der Waals surface area contributed by atoms with Gasteiger partial charge in [-0.2, -0.15) is 0 Å². The van der Waals surface area contributed by atoms with Crippen LogP contribution in [0.2, 0.25) is 0 Å². The quantitative estimate of drug-likeness (QED) is 0.582. The van der Waals surface area contributed by atoms with Crippen LogP contribution in [0.4, 0.5) is 10.5 Å². The lowest BCUT2D eigenvalue weighted by molar-refractivity contribution is -0.131. The van der Waals surface area contributed by atoms with Crippen LogP contribution in [0.15, 0.2) is 78.9 Å². The Labute approximate surface area is 186 Å². The molecule has 4 amide bonds. The molecule has 1 atom stereocenters. The molecule has 7 nitrogen and oxygen atoms in total. The number of ether oxygens (including phenoxy) is 1. The predicted octanol–water partition coefficient (Wildman–Crippen LogP) is 3.91.